The van der Waals surface area contributed by atoms with Crippen molar-refractivity contribution in [3.8, 4) is 18.1 Å². The second-order valence-corrected chi connectivity index (χ2v) is 10.9. The molecule has 1 aromatic rings. The van der Waals surface area contributed by atoms with Crippen LogP contribution in [0, 0.1) is 12.3 Å². The van der Waals surface area contributed by atoms with E-state index in [4.69, 9.17) is 11.2 Å². The number of thioether (sulfide) groups is 1. The van der Waals surface area contributed by atoms with Crippen LogP contribution in [0.4, 0.5) is 0 Å². The topological polar surface area (TPSA) is 83.4 Å². The van der Waals surface area contributed by atoms with E-state index in [2.05, 4.69) is 34.5 Å². The van der Waals surface area contributed by atoms with Crippen LogP contribution < -0.4 is 10.1 Å². The molecule has 0 spiro atoms. The number of carbonyl (C=O) groups is 2. The van der Waals surface area contributed by atoms with Gasteiger partial charge in [-0.05, 0) is 49.8 Å². The van der Waals surface area contributed by atoms with Crippen molar-refractivity contribution in [3.05, 3.63) is 41.0 Å². The summed E-state index contributed by atoms with van der Waals surface area (Å²) in [6, 6.07) is 4.87. The maximum atomic E-state index is 14.1. The van der Waals surface area contributed by atoms with Crippen LogP contribution in [0.1, 0.15) is 68.3 Å². The molecule has 7 nitrogen and oxygen atoms in total. The molecule has 0 aliphatic carbocycles. The lowest BCUT2D eigenvalue weighted by Crippen LogP contribution is -2.53. The number of terminal acetylenes is 1. The van der Waals surface area contributed by atoms with Gasteiger partial charge in [0, 0.05) is 54.6 Å². The molecule has 0 bridgehead atoms. The molecule has 4 rings (SSSR count). The van der Waals surface area contributed by atoms with Gasteiger partial charge in [0.15, 0.2) is 5.66 Å². The molecule has 3 heterocycles. The zero-order chi connectivity index (χ0) is 25.0. The maximum Gasteiger partial charge on any atom is 0.254 e. The Morgan fingerprint density at radius 1 is 1.34 bits per heavy atom. The molecule has 2 atom stereocenters. The number of ether oxygens (including phenoxy) is 1. The summed E-state index contributed by atoms with van der Waals surface area (Å²) in [6.07, 6.45) is 10.2. The van der Waals surface area contributed by atoms with Crippen molar-refractivity contribution in [1.29, 1.82) is 0 Å². The fourth-order valence-corrected chi connectivity index (χ4v) is 5.56. The first-order valence-corrected chi connectivity index (χ1v) is 13.5. The third-order valence-corrected chi connectivity index (χ3v) is 7.68. The summed E-state index contributed by atoms with van der Waals surface area (Å²) in [7, 11) is 0. The van der Waals surface area contributed by atoms with Gasteiger partial charge in [0.2, 0.25) is 5.91 Å². The number of carbonyl (C=O) groups excluding carboxylic acids is 2. The average molecular weight is 495 g/mol. The predicted molar refractivity (Wildman–Crippen MR) is 139 cm³/mol. The van der Waals surface area contributed by atoms with Gasteiger partial charge >= 0.3 is 0 Å². The summed E-state index contributed by atoms with van der Waals surface area (Å²) in [4.78, 5) is 29.3. The fraction of sp³-hybridized carbons (Fsp3) is 0.556. The zero-order valence-corrected chi connectivity index (χ0v) is 21.6. The average Bonchev–Trinajstić information content (AvgIpc) is 3.53. The molecule has 35 heavy (non-hydrogen) atoms. The molecular formula is C27H34N4O3S. The minimum atomic E-state index is -0.678. The monoisotopic (exact) mass is 494 g/mol. The van der Waals surface area contributed by atoms with Crippen LogP contribution in [-0.4, -0.2) is 59.1 Å². The zero-order valence-electron chi connectivity index (χ0n) is 20.8. The molecule has 3 aliphatic rings. The molecule has 0 fully saturated rings. The number of amides is 2. The molecule has 0 aromatic heterocycles. The van der Waals surface area contributed by atoms with Crippen molar-refractivity contribution in [3.63, 3.8) is 0 Å². The Morgan fingerprint density at radius 3 is 2.80 bits per heavy atom. The molecule has 8 heteroatoms. The summed E-state index contributed by atoms with van der Waals surface area (Å²) in [5.41, 5.74) is 2.03. The Hall–Kier alpha value is -2.79. The highest BCUT2D eigenvalue weighted by Gasteiger charge is 2.42. The fourth-order valence-electron chi connectivity index (χ4n) is 4.62. The van der Waals surface area contributed by atoms with Crippen LogP contribution in [-0.2, 0) is 4.79 Å². The minimum absolute atomic E-state index is 0.0350. The largest absolute Gasteiger partial charge is 0.493 e. The summed E-state index contributed by atoms with van der Waals surface area (Å²) >= 11 is 1.79. The van der Waals surface area contributed by atoms with Crippen LogP contribution in [0.2, 0.25) is 0 Å². The molecule has 186 valence electrons. The molecule has 0 saturated heterocycles. The maximum absolute atomic E-state index is 14.1. The van der Waals surface area contributed by atoms with Gasteiger partial charge < -0.3 is 15.0 Å². The highest BCUT2D eigenvalue weighted by molar-refractivity contribution is 7.99. The van der Waals surface area contributed by atoms with Crippen molar-refractivity contribution >= 4 is 23.6 Å². The molecule has 2 unspecified atom stereocenters. The van der Waals surface area contributed by atoms with Crippen molar-refractivity contribution < 1.29 is 14.3 Å². The molecular weight excluding hydrogens is 460 g/mol. The lowest BCUT2D eigenvalue weighted by molar-refractivity contribution is -0.125. The minimum Gasteiger partial charge on any atom is -0.493 e. The van der Waals surface area contributed by atoms with Gasteiger partial charge in [0.25, 0.3) is 5.91 Å². The summed E-state index contributed by atoms with van der Waals surface area (Å²) < 4.78 is 5.73. The normalized spacial score (nSPS) is 20.3. The first kappa shape index (κ1) is 25.3. The number of rotatable bonds is 10. The third-order valence-electron chi connectivity index (χ3n) is 6.62. The van der Waals surface area contributed by atoms with Gasteiger partial charge in [-0.3, -0.25) is 9.59 Å². The highest BCUT2D eigenvalue weighted by Crippen LogP contribution is 2.38. The Morgan fingerprint density at radius 2 is 2.14 bits per heavy atom. The van der Waals surface area contributed by atoms with Gasteiger partial charge in [0.05, 0.1) is 6.61 Å². The first-order valence-electron chi connectivity index (χ1n) is 12.4. The summed E-state index contributed by atoms with van der Waals surface area (Å²) in [6.45, 7) is 6.93. The molecule has 0 radical (unpaired) electrons. The van der Waals surface area contributed by atoms with E-state index in [0.29, 0.717) is 38.0 Å². The van der Waals surface area contributed by atoms with Gasteiger partial charge in [0.1, 0.15) is 11.8 Å². The van der Waals surface area contributed by atoms with Crippen molar-refractivity contribution in [2.75, 3.05) is 24.7 Å². The molecule has 1 N–H and O–H groups in total. The van der Waals surface area contributed by atoms with Gasteiger partial charge in [-0.15, -0.1) is 12.3 Å². The number of benzene rings is 1. The van der Waals surface area contributed by atoms with E-state index >= 15 is 0 Å². The van der Waals surface area contributed by atoms with E-state index in [1.165, 1.54) is 0 Å². The van der Waals surface area contributed by atoms with Gasteiger partial charge in [-0.1, -0.05) is 13.0 Å². The number of nitrogens with zero attached hydrogens (tertiary/aromatic N) is 3. The van der Waals surface area contributed by atoms with Crippen molar-refractivity contribution in [1.82, 2.24) is 10.2 Å². The van der Waals surface area contributed by atoms with E-state index in [-0.39, 0.29) is 23.8 Å². The van der Waals surface area contributed by atoms with Crippen LogP contribution in [0.25, 0.3) is 0 Å². The van der Waals surface area contributed by atoms with E-state index in [0.717, 1.165) is 34.8 Å². The number of fused-ring (bicyclic) bond motifs is 1. The van der Waals surface area contributed by atoms with Crippen LogP contribution >= 0.6 is 11.8 Å². The number of allylic oxidation sites excluding steroid dienone is 1. The van der Waals surface area contributed by atoms with E-state index in [1.54, 1.807) is 22.7 Å². The Bertz CT molecular complexity index is 1070. The van der Waals surface area contributed by atoms with Gasteiger partial charge in [-0.25, -0.2) is 0 Å². The second kappa shape index (κ2) is 10.9. The quantitative estimate of drug-likeness (QED) is 0.382. The van der Waals surface area contributed by atoms with E-state index in [1.807, 2.05) is 26.0 Å². The summed E-state index contributed by atoms with van der Waals surface area (Å²) in [5.74, 6) is 5.13. The Balaban J connectivity index is 1.67. The predicted octanol–water partition coefficient (Wildman–Crippen LogP) is 4.55. The summed E-state index contributed by atoms with van der Waals surface area (Å²) in [5, 5.41) is 11.6. The van der Waals surface area contributed by atoms with Crippen LogP contribution in [0.15, 0.2) is 40.1 Å². The highest BCUT2D eigenvalue weighted by atomic mass is 32.2. The van der Waals surface area contributed by atoms with Crippen molar-refractivity contribution in [2.24, 2.45) is 10.2 Å². The smallest absolute Gasteiger partial charge is 0.254 e. The first-order chi connectivity index (χ1) is 16.8. The lowest BCUT2D eigenvalue weighted by Gasteiger charge is -2.35. The Kier molecular flexibility index (Phi) is 7.85. The number of hydrogen-bond acceptors (Lipinski definition) is 6. The SMILES string of the molecule is C#CCCC1(CCN(C(=O)c2ccc3c(c2)C(C)CO3)C(C(=O)NC(C)C)C2=CCCSC2)N=N1. The van der Waals surface area contributed by atoms with Crippen molar-refractivity contribution in [2.45, 2.75) is 70.1 Å². The van der Waals surface area contributed by atoms with E-state index in [9.17, 15) is 9.59 Å². The standard InChI is InChI=1S/C27H34N4O3S/c1-5-6-11-27(29-30-27)12-13-31(24(25(32)28-18(2)3)21-8-7-14-35-17-21)26(33)20-9-10-23-22(15-20)19(4)16-34-23/h1,8-10,15,18-19,24H,6-7,11-14,16-17H2,2-4H3,(H,28,32). The molecule has 2 amide bonds. The number of nitrogens with one attached hydrogen (secondary N) is 1. The lowest BCUT2D eigenvalue weighted by atomic mass is 9.97. The van der Waals surface area contributed by atoms with Crippen LogP contribution in [0.5, 0.6) is 5.75 Å². The Labute approximate surface area is 212 Å². The molecule has 1 aromatic carbocycles. The molecule has 0 saturated carbocycles. The van der Waals surface area contributed by atoms with Crippen LogP contribution in [0.3, 0.4) is 0 Å². The number of hydrogen-bond donors (Lipinski definition) is 1. The van der Waals surface area contributed by atoms with E-state index < -0.39 is 11.7 Å². The molecule has 3 aliphatic heterocycles. The van der Waals surface area contributed by atoms with Gasteiger partial charge in [-0.2, -0.15) is 22.0 Å². The second-order valence-electron chi connectivity index (χ2n) is 9.79. The third kappa shape index (κ3) is 5.90.